The van der Waals surface area contributed by atoms with Crippen molar-refractivity contribution in [3.05, 3.63) is 35.1 Å². The fourth-order valence-electron chi connectivity index (χ4n) is 2.24. The molecule has 1 fully saturated rings. The van der Waals surface area contributed by atoms with Gasteiger partial charge in [0, 0.05) is 13.0 Å². The normalized spacial score (nSPS) is 21.5. The summed E-state index contributed by atoms with van der Waals surface area (Å²) in [5.74, 6) is -6.61. The van der Waals surface area contributed by atoms with Crippen LogP contribution in [0.2, 0.25) is 0 Å². The lowest BCUT2D eigenvalue weighted by atomic mass is 10.1. The number of ether oxygens (including phenoxy) is 1. The Hall–Kier alpha value is -2.09. The zero-order valence-corrected chi connectivity index (χ0v) is 11.0. The summed E-state index contributed by atoms with van der Waals surface area (Å²) in [5.41, 5.74) is -0.711. The number of aliphatic hydroxyl groups excluding tert-OH is 1. The van der Waals surface area contributed by atoms with E-state index in [9.17, 15) is 27.9 Å². The summed E-state index contributed by atoms with van der Waals surface area (Å²) in [4.78, 5) is 24.6. The van der Waals surface area contributed by atoms with Crippen molar-refractivity contribution in [2.24, 2.45) is 0 Å². The summed E-state index contributed by atoms with van der Waals surface area (Å²) < 4.78 is 44.2. The molecule has 1 aliphatic rings. The standard InChI is InChI=1S/C13H12F3NO4/c1-21-13(20)9-4-6(18)5-17(9)12(19)7-2-3-8(14)11(16)10(7)15/h2-3,6,9,18H,4-5H2,1H3. The van der Waals surface area contributed by atoms with Crippen LogP contribution in [0.3, 0.4) is 0 Å². The number of β-amino-alcohol motifs (C(OH)–C–C–N with tert-alkyl or cyclic N) is 1. The molecule has 0 bridgehead atoms. The third-order valence-corrected chi connectivity index (χ3v) is 3.28. The van der Waals surface area contributed by atoms with Gasteiger partial charge >= 0.3 is 5.97 Å². The highest BCUT2D eigenvalue weighted by Crippen LogP contribution is 2.24. The van der Waals surface area contributed by atoms with Crippen LogP contribution in [0.15, 0.2) is 12.1 Å². The number of rotatable bonds is 2. The van der Waals surface area contributed by atoms with Crippen molar-refractivity contribution in [1.82, 2.24) is 4.90 Å². The molecular formula is C13H12F3NO4. The molecule has 1 heterocycles. The molecule has 1 aromatic carbocycles. The molecule has 1 aromatic rings. The number of nitrogens with zero attached hydrogens (tertiary/aromatic N) is 1. The van der Waals surface area contributed by atoms with Crippen molar-refractivity contribution in [1.29, 1.82) is 0 Å². The number of likely N-dealkylation sites (tertiary alicyclic amines) is 1. The highest BCUT2D eigenvalue weighted by Gasteiger charge is 2.40. The third-order valence-electron chi connectivity index (χ3n) is 3.28. The summed E-state index contributed by atoms with van der Waals surface area (Å²) in [7, 11) is 1.10. The molecule has 1 aliphatic heterocycles. The number of carbonyl (C=O) groups excluding carboxylic acids is 2. The molecule has 1 amide bonds. The number of aliphatic hydroxyl groups is 1. The van der Waals surface area contributed by atoms with Crippen LogP contribution in [0, 0.1) is 17.5 Å². The van der Waals surface area contributed by atoms with Gasteiger partial charge in [0.2, 0.25) is 0 Å². The van der Waals surface area contributed by atoms with E-state index in [-0.39, 0.29) is 13.0 Å². The van der Waals surface area contributed by atoms with Gasteiger partial charge in [-0.2, -0.15) is 0 Å². The number of halogens is 3. The molecule has 2 atom stereocenters. The first-order chi connectivity index (χ1) is 9.86. The Morgan fingerprint density at radius 1 is 1.29 bits per heavy atom. The molecule has 114 valence electrons. The number of hydrogen-bond acceptors (Lipinski definition) is 4. The molecular weight excluding hydrogens is 291 g/mol. The minimum Gasteiger partial charge on any atom is -0.467 e. The first-order valence-electron chi connectivity index (χ1n) is 6.07. The predicted octanol–water partition coefficient (Wildman–Crippen LogP) is 0.852. The maximum atomic E-state index is 13.6. The van der Waals surface area contributed by atoms with Gasteiger partial charge in [0.05, 0.1) is 18.8 Å². The monoisotopic (exact) mass is 303 g/mol. The van der Waals surface area contributed by atoms with Crippen LogP contribution in [0.1, 0.15) is 16.8 Å². The lowest BCUT2D eigenvalue weighted by molar-refractivity contribution is -0.145. The number of amides is 1. The van der Waals surface area contributed by atoms with Crippen LogP contribution in [0.4, 0.5) is 13.2 Å². The van der Waals surface area contributed by atoms with Crippen molar-refractivity contribution in [3.8, 4) is 0 Å². The largest absolute Gasteiger partial charge is 0.467 e. The van der Waals surface area contributed by atoms with Crippen LogP contribution in [0.25, 0.3) is 0 Å². The summed E-state index contributed by atoms with van der Waals surface area (Å²) in [5, 5.41) is 9.55. The van der Waals surface area contributed by atoms with Crippen LogP contribution in [-0.4, -0.2) is 47.7 Å². The van der Waals surface area contributed by atoms with E-state index < -0.39 is 47.0 Å². The summed E-state index contributed by atoms with van der Waals surface area (Å²) in [6.45, 7) is -0.225. The molecule has 0 aliphatic carbocycles. The lowest BCUT2D eigenvalue weighted by Crippen LogP contribution is -2.41. The number of hydrogen-bond donors (Lipinski definition) is 1. The Kier molecular flexibility index (Phi) is 4.17. The maximum Gasteiger partial charge on any atom is 0.328 e. The SMILES string of the molecule is COC(=O)C1CC(O)CN1C(=O)c1ccc(F)c(F)c1F. The topological polar surface area (TPSA) is 66.8 Å². The van der Waals surface area contributed by atoms with Gasteiger partial charge in [0.1, 0.15) is 6.04 Å². The molecule has 2 unspecified atom stereocenters. The average molecular weight is 303 g/mol. The molecule has 5 nitrogen and oxygen atoms in total. The molecule has 8 heteroatoms. The van der Waals surface area contributed by atoms with E-state index in [1.54, 1.807) is 0 Å². The van der Waals surface area contributed by atoms with E-state index in [0.717, 1.165) is 18.1 Å². The Bertz CT molecular complexity index is 593. The fraction of sp³-hybridized carbons (Fsp3) is 0.385. The van der Waals surface area contributed by atoms with Gasteiger partial charge in [0.15, 0.2) is 17.5 Å². The van der Waals surface area contributed by atoms with Crippen LogP contribution in [-0.2, 0) is 9.53 Å². The van der Waals surface area contributed by atoms with Crippen molar-refractivity contribution in [2.45, 2.75) is 18.6 Å². The number of esters is 1. The molecule has 2 rings (SSSR count). The summed E-state index contributed by atoms with van der Waals surface area (Å²) in [6, 6.07) is 0.311. The van der Waals surface area contributed by atoms with E-state index in [4.69, 9.17) is 0 Å². The molecule has 0 aromatic heterocycles. The van der Waals surface area contributed by atoms with Crippen LogP contribution < -0.4 is 0 Å². The summed E-state index contributed by atoms with van der Waals surface area (Å²) >= 11 is 0. The minimum absolute atomic E-state index is 0.0658. The van der Waals surface area contributed by atoms with Gasteiger partial charge in [-0.3, -0.25) is 4.79 Å². The van der Waals surface area contributed by atoms with Crippen molar-refractivity contribution in [2.75, 3.05) is 13.7 Å². The average Bonchev–Trinajstić information content (AvgIpc) is 2.85. The second-order valence-corrected chi connectivity index (χ2v) is 4.61. The first kappa shape index (κ1) is 15.3. The van der Waals surface area contributed by atoms with Gasteiger partial charge < -0.3 is 14.7 Å². The quantitative estimate of drug-likeness (QED) is 0.650. The van der Waals surface area contributed by atoms with Crippen molar-refractivity contribution in [3.63, 3.8) is 0 Å². The van der Waals surface area contributed by atoms with Crippen LogP contribution in [0.5, 0.6) is 0 Å². The summed E-state index contributed by atoms with van der Waals surface area (Å²) in [6.07, 6.45) is -1.05. The highest BCUT2D eigenvalue weighted by atomic mass is 19.2. The van der Waals surface area contributed by atoms with E-state index >= 15 is 0 Å². The third kappa shape index (κ3) is 2.71. The van der Waals surface area contributed by atoms with E-state index in [1.165, 1.54) is 0 Å². The number of methoxy groups -OCH3 is 1. The fourth-order valence-corrected chi connectivity index (χ4v) is 2.24. The van der Waals surface area contributed by atoms with Crippen molar-refractivity contribution < 1.29 is 32.6 Å². The van der Waals surface area contributed by atoms with Crippen molar-refractivity contribution >= 4 is 11.9 Å². The zero-order valence-electron chi connectivity index (χ0n) is 11.0. The van der Waals surface area contributed by atoms with Gasteiger partial charge in [-0.25, -0.2) is 18.0 Å². The molecule has 1 saturated heterocycles. The van der Waals surface area contributed by atoms with Gasteiger partial charge in [-0.15, -0.1) is 0 Å². The van der Waals surface area contributed by atoms with Gasteiger partial charge in [-0.05, 0) is 12.1 Å². The molecule has 1 N–H and O–H groups in total. The number of carbonyl (C=O) groups is 2. The minimum atomic E-state index is -1.77. The van der Waals surface area contributed by atoms with Crippen LogP contribution >= 0.6 is 0 Å². The highest BCUT2D eigenvalue weighted by molar-refractivity contribution is 5.97. The Morgan fingerprint density at radius 3 is 2.57 bits per heavy atom. The zero-order chi connectivity index (χ0) is 15.7. The molecule has 0 spiro atoms. The second kappa shape index (κ2) is 5.72. The number of benzene rings is 1. The van der Waals surface area contributed by atoms with Gasteiger partial charge in [-0.1, -0.05) is 0 Å². The first-order valence-corrected chi connectivity index (χ1v) is 6.07. The van der Waals surface area contributed by atoms with Gasteiger partial charge in [0.25, 0.3) is 5.91 Å². The molecule has 0 radical (unpaired) electrons. The lowest BCUT2D eigenvalue weighted by Gasteiger charge is -2.22. The molecule has 0 saturated carbocycles. The molecule has 21 heavy (non-hydrogen) atoms. The van der Waals surface area contributed by atoms with E-state index in [0.29, 0.717) is 6.07 Å². The Balaban J connectivity index is 2.35. The Morgan fingerprint density at radius 2 is 1.95 bits per heavy atom. The smallest absolute Gasteiger partial charge is 0.328 e. The predicted molar refractivity (Wildman–Crippen MR) is 63.8 cm³/mol. The maximum absolute atomic E-state index is 13.6. The second-order valence-electron chi connectivity index (χ2n) is 4.61. The van der Waals surface area contributed by atoms with E-state index in [2.05, 4.69) is 4.74 Å². The Labute approximate surface area is 117 Å². The van der Waals surface area contributed by atoms with E-state index in [1.807, 2.05) is 0 Å².